The van der Waals surface area contributed by atoms with Gasteiger partial charge in [0.1, 0.15) is 5.60 Å². The number of alkyl carbamates (subject to hydrolysis) is 1. The van der Waals surface area contributed by atoms with Crippen LogP contribution in [0.4, 0.5) is 10.5 Å². The second kappa shape index (κ2) is 13.4. The van der Waals surface area contributed by atoms with Crippen LogP contribution in [-0.2, 0) is 14.3 Å². The SMILES string of the molecule is CC(C)(C)OC(=O)NCCNC(=O)/C=C/C(=O)NCCCCNc1ccnc2cc(Cl)ccc12. The number of carbonyl (C=O) groups is 3. The molecule has 0 atom stereocenters. The summed E-state index contributed by atoms with van der Waals surface area (Å²) >= 11 is 6.01. The molecule has 0 unspecified atom stereocenters. The fourth-order valence-electron chi connectivity index (χ4n) is 2.89. The van der Waals surface area contributed by atoms with Crippen molar-refractivity contribution in [3.05, 3.63) is 47.6 Å². The molecule has 2 aromatic rings. The highest BCUT2D eigenvalue weighted by Crippen LogP contribution is 2.24. The summed E-state index contributed by atoms with van der Waals surface area (Å²) in [6, 6.07) is 7.52. The molecule has 0 aliphatic carbocycles. The number of rotatable bonds is 11. The molecular formula is C24H32ClN5O4. The number of carbonyl (C=O) groups excluding carboxylic acids is 3. The van der Waals surface area contributed by atoms with Crippen molar-refractivity contribution in [3.8, 4) is 0 Å². The highest BCUT2D eigenvalue weighted by molar-refractivity contribution is 6.31. The zero-order chi connectivity index (χ0) is 25.0. The van der Waals surface area contributed by atoms with Gasteiger partial charge in [0.15, 0.2) is 0 Å². The third-order valence-corrected chi connectivity index (χ3v) is 4.64. The van der Waals surface area contributed by atoms with Crippen molar-refractivity contribution in [3.63, 3.8) is 0 Å². The van der Waals surface area contributed by atoms with Crippen molar-refractivity contribution >= 4 is 46.1 Å². The van der Waals surface area contributed by atoms with Gasteiger partial charge in [-0.15, -0.1) is 0 Å². The zero-order valence-electron chi connectivity index (χ0n) is 19.7. The van der Waals surface area contributed by atoms with Crippen LogP contribution in [0.2, 0.25) is 5.02 Å². The van der Waals surface area contributed by atoms with Crippen molar-refractivity contribution in [1.29, 1.82) is 0 Å². The van der Waals surface area contributed by atoms with E-state index in [0.29, 0.717) is 11.6 Å². The summed E-state index contributed by atoms with van der Waals surface area (Å²) in [5, 5.41) is 12.9. The Bertz CT molecular complexity index is 1020. The molecule has 10 heteroatoms. The number of aromatic nitrogens is 1. The summed E-state index contributed by atoms with van der Waals surface area (Å²) in [6.07, 6.45) is 5.16. The topological polar surface area (TPSA) is 121 Å². The maximum atomic E-state index is 11.8. The van der Waals surface area contributed by atoms with Crippen molar-refractivity contribution in [1.82, 2.24) is 20.9 Å². The van der Waals surface area contributed by atoms with E-state index in [-0.39, 0.29) is 19.0 Å². The predicted molar refractivity (Wildman–Crippen MR) is 134 cm³/mol. The smallest absolute Gasteiger partial charge is 0.407 e. The molecule has 1 heterocycles. The first-order valence-corrected chi connectivity index (χ1v) is 11.5. The molecule has 0 aliphatic heterocycles. The van der Waals surface area contributed by atoms with Gasteiger partial charge in [0.05, 0.1) is 5.52 Å². The van der Waals surface area contributed by atoms with E-state index in [9.17, 15) is 14.4 Å². The van der Waals surface area contributed by atoms with Gasteiger partial charge in [-0.25, -0.2) is 4.79 Å². The molecule has 9 nitrogen and oxygen atoms in total. The lowest BCUT2D eigenvalue weighted by Gasteiger charge is -2.19. The minimum absolute atomic E-state index is 0.219. The highest BCUT2D eigenvalue weighted by Gasteiger charge is 2.15. The monoisotopic (exact) mass is 489 g/mol. The lowest BCUT2D eigenvalue weighted by atomic mass is 10.2. The number of pyridine rings is 1. The van der Waals surface area contributed by atoms with E-state index < -0.39 is 17.6 Å². The van der Waals surface area contributed by atoms with Crippen molar-refractivity contribution in [2.75, 3.05) is 31.5 Å². The Labute approximate surface area is 204 Å². The fraction of sp³-hybridized carbons (Fsp3) is 0.417. The number of anilines is 1. The van der Waals surface area contributed by atoms with Gasteiger partial charge in [0, 0.05) is 60.6 Å². The van der Waals surface area contributed by atoms with Crippen LogP contribution in [0.5, 0.6) is 0 Å². The number of amides is 3. The summed E-state index contributed by atoms with van der Waals surface area (Å²) in [5.41, 5.74) is 1.24. The summed E-state index contributed by atoms with van der Waals surface area (Å²) in [4.78, 5) is 39.4. The van der Waals surface area contributed by atoms with Gasteiger partial charge < -0.3 is 26.0 Å². The number of ether oxygens (including phenoxy) is 1. The molecule has 0 saturated carbocycles. The Balaban J connectivity index is 1.56. The van der Waals surface area contributed by atoms with Crippen LogP contribution in [0.1, 0.15) is 33.6 Å². The summed E-state index contributed by atoms with van der Waals surface area (Å²) in [7, 11) is 0. The van der Waals surface area contributed by atoms with Crippen LogP contribution < -0.4 is 21.3 Å². The molecule has 4 N–H and O–H groups in total. The van der Waals surface area contributed by atoms with E-state index in [1.54, 1.807) is 27.0 Å². The largest absolute Gasteiger partial charge is 0.444 e. The van der Waals surface area contributed by atoms with Gasteiger partial charge in [-0.1, -0.05) is 11.6 Å². The molecule has 184 valence electrons. The van der Waals surface area contributed by atoms with Crippen LogP contribution in [-0.4, -0.2) is 54.7 Å². The molecule has 0 spiro atoms. The van der Waals surface area contributed by atoms with E-state index in [2.05, 4.69) is 26.3 Å². The predicted octanol–water partition coefficient (Wildman–Crippen LogP) is 3.39. The van der Waals surface area contributed by atoms with Crippen molar-refractivity contribution in [2.24, 2.45) is 0 Å². The Kier molecular flexibility index (Phi) is 10.6. The summed E-state index contributed by atoms with van der Waals surface area (Å²) < 4.78 is 5.09. The average Bonchev–Trinajstić information content (AvgIpc) is 2.76. The molecule has 2 rings (SSSR count). The molecule has 0 fully saturated rings. The van der Waals surface area contributed by atoms with Crippen LogP contribution in [0.25, 0.3) is 10.9 Å². The minimum atomic E-state index is -0.580. The van der Waals surface area contributed by atoms with Gasteiger partial charge in [0.2, 0.25) is 11.8 Å². The number of nitrogens with one attached hydrogen (secondary N) is 4. The number of halogens is 1. The second-order valence-electron chi connectivity index (χ2n) is 8.50. The van der Waals surface area contributed by atoms with Crippen LogP contribution >= 0.6 is 11.6 Å². The van der Waals surface area contributed by atoms with Gasteiger partial charge in [-0.2, -0.15) is 0 Å². The molecule has 1 aromatic heterocycles. The number of nitrogens with zero attached hydrogens (tertiary/aromatic N) is 1. The number of benzene rings is 1. The quantitative estimate of drug-likeness (QED) is 0.283. The average molecular weight is 490 g/mol. The number of fused-ring (bicyclic) bond motifs is 1. The second-order valence-corrected chi connectivity index (χ2v) is 8.93. The van der Waals surface area contributed by atoms with Crippen LogP contribution in [0, 0.1) is 0 Å². The Hall–Kier alpha value is -3.33. The van der Waals surface area contributed by atoms with Crippen LogP contribution in [0.15, 0.2) is 42.6 Å². The standard InChI is InChI=1S/C24H32ClN5O4/c1-24(2,3)34-23(33)30-15-14-29-22(32)9-8-21(31)28-12-5-4-11-26-19-10-13-27-20-16-17(25)6-7-18(19)20/h6-10,13,16H,4-5,11-12,14-15H2,1-3H3,(H,26,27)(H,28,31)(H,29,32)(H,30,33)/b9-8+. The van der Waals surface area contributed by atoms with Gasteiger partial charge in [-0.05, 0) is 57.9 Å². The van der Waals surface area contributed by atoms with Crippen molar-refractivity contribution in [2.45, 2.75) is 39.2 Å². The Morgan fingerprint density at radius 3 is 2.29 bits per heavy atom. The molecule has 0 bridgehead atoms. The minimum Gasteiger partial charge on any atom is -0.444 e. The first kappa shape index (κ1) is 26.9. The lowest BCUT2D eigenvalue weighted by Crippen LogP contribution is -2.37. The molecular weight excluding hydrogens is 458 g/mol. The molecule has 0 radical (unpaired) electrons. The van der Waals surface area contributed by atoms with Gasteiger partial charge in [0.25, 0.3) is 0 Å². The Morgan fingerprint density at radius 1 is 0.941 bits per heavy atom. The summed E-state index contributed by atoms with van der Waals surface area (Å²) in [5.74, 6) is -0.761. The maximum Gasteiger partial charge on any atom is 0.407 e. The number of unbranched alkanes of at least 4 members (excludes halogenated alkanes) is 1. The fourth-order valence-corrected chi connectivity index (χ4v) is 3.06. The maximum absolute atomic E-state index is 11.8. The van der Waals surface area contributed by atoms with E-state index in [1.807, 2.05) is 24.3 Å². The Morgan fingerprint density at radius 2 is 1.59 bits per heavy atom. The molecule has 1 aromatic carbocycles. The van der Waals surface area contributed by atoms with E-state index >= 15 is 0 Å². The van der Waals surface area contributed by atoms with E-state index in [0.717, 1.165) is 42.1 Å². The normalized spacial score (nSPS) is 11.3. The third-order valence-electron chi connectivity index (χ3n) is 4.40. The molecule has 0 aliphatic rings. The van der Waals surface area contributed by atoms with Gasteiger partial charge >= 0.3 is 6.09 Å². The highest BCUT2D eigenvalue weighted by atomic mass is 35.5. The molecule has 0 saturated heterocycles. The number of hydrogen-bond donors (Lipinski definition) is 4. The summed E-state index contributed by atoms with van der Waals surface area (Å²) in [6.45, 7) is 6.98. The first-order valence-electron chi connectivity index (χ1n) is 11.1. The molecule has 34 heavy (non-hydrogen) atoms. The zero-order valence-corrected chi connectivity index (χ0v) is 20.5. The van der Waals surface area contributed by atoms with E-state index in [4.69, 9.17) is 16.3 Å². The number of hydrogen-bond acceptors (Lipinski definition) is 6. The van der Waals surface area contributed by atoms with E-state index in [1.165, 1.54) is 6.08 Å². The first-order chi connectivity index (χ1) is 16.1. The van der Waals surface area contributed by atoms with Gasteiger partial charge in [-0.3, -0.25) is 14.6 Å². The third kappa shape index (κ3) is 10.5. The molecule has 3 amide bonds. The van der Waals surface area contributed by atoms with Crippen LogP contribution in [0.3, 0.4) is 0 Å². The lowest BCUT2D eigenvalue weighted by molar-refractivity contribution is -0.118. The van der Waals surface area contributed by atoms with Crippen molar-refractivity contribution < 1.29 is 19.1 Å².